The number of halogens is 1. The Labute approximate surface area is 116 Å². The predicted molar refractivity (Wildman–Crippen MR) is 72.8 cm³/mol. The van der Waals surface area contributed by atoms with Crippen LogP contribution >= 0.6 is 15.9 Å². The summed E-state index contributed by atoms with van der Waals surface area (Å²) < 4.78 is 1.39. The van der Waals surface area contributed by atoms with Gasteiger partial charge < -0.3 is 10.3 Å². The van der Waals surface area contributed by atoms with Crippen LogP contribution in [0.1, 0.15) is 5.56 Å². The van der Waals surface area contributed by atoms with E-state index in [1.54, 1.807) is 12.1 Å². The number of aromatic nitrogens is 2. The Bertz CT molecular complexity index is 681. The third-order valence-electron chi connectivity index (χ3n) is 2.44. The molecule has 2 heterocycles. The number of nitro groups is 1. The van der Waals surface area contributed by atoms with Gasteiger partial charge in [-0.15, -0.1) is 0 Å². The van der Waals surface area contributed by atoms with Gasteiger partial charge in [-0.3, -0.25) is 14.9 Å². The summed E-state index contributed by atoms with van der Waals surface area (Å²) in [5.74, 6) is 0.372. The van der Waals surface area contributed by atoms with E-state index in [9.17, 15) is 14.9 Å². The molecular formula is C11H9BrN4O3. The molecule has 2 aromatic rings. The van der Waals surface area contributed by atoms with Gasteiger partial charge in [0.2, 0.25) is 0 Å². The first-order valence-corrected chi connectivity index (χ1v) is 6.01. The molecule has 0 spiro atoms. The lowest BCUT2D eigenvalue weighted by Gasteiger charge is -2.06. The van der Waals surface area contributed by atoms with Crippen LogP contribution in [0.25, 0.3) is 0 Å². The zero-order valence-electron chi connectivity index (χ0n) is 9.62. The molecule has 0 unspecified atom stereocenters. The van der Waals surface area contributed by atoms with E-state index in [0.29, 0.717) is 5.82 Å². The number of hydrogen-bond donors (Lipinski definition) is 1. The van der Waals surface area contributed by atoms with Gasteiger partial charge in [-0.25, -0.2) is 4.98 Å². The fraction of sp³-hybridized carbons (Fsp3) is 0.0909. The van der Waals surface area contributed by atoms with Crippen molar-refractivity contribution in [3.05, 3.63) is 61.1 Å². The summed E-state index contributed by atoms with van der Waals surface area (Å²) in [6, 6.07) is 4.49. The average Bonchev–Trinajstić information content (AvgIpc) is 2.37. The van der Waals surface area contributed by atoms with Crippen LogP contribution in [0.3, 0.4) is 0 Å². The lowest BCUT2D eigenvalue weighted by Crippen LogP contribution is -2.21. The van der Waals surface area contributed by atoms with Crippen LogP contribution in [0.5, 0.6) is 0 Å². The fourth-order valence-electron chi connectivity index (χ4n) is 1.53. The van der Waals surface area contributed by atoms with Crippen LogP contribution in [0, 0.1) is 10.1 Å². The van der Waals surface area contributed by atoms with Gasteiger partial charge in [-0.05, 0) is 27.6 Å². The van der Waals surface area contributed by atoms with Crippen LogP contribution in [-0.4, -0.2) is 14.5 Å². The average molecular weight is 325 g/mol. The van der Waals surface area contributed by atoms with E-state index in [0.717, 1.165) is 5.56 Å². The van der Waals surface area contributed by atoms with E-state index in [4.69, 9.17) is 5.73 Å². The van der Waals surface area contributed by atoms with Crippen LogP contribution in [-0.2, 0) is 6.54 Å². The molecule has 19 heavy (non-hydrogen) atoms. The molecule has 0 saturated carbocycles. The van der Waals surface area contributed by atoms with Crippen LogP contribution in [0.15, 0.2) is 39.9 Å². The maximum Gasteiger partial charge on any atom is 0.286 e. The van der Waals surface area contributed by atoms with Crippen molar-refractivity contribution >= 4 is 27.4 Å². The molecular weight excluding hydrogens is 316 g/mol. The van der Waals surface area contributed by atoms with Crippen molar-refractivity contribution in [1.29, 1.82) is 0 Å². The summed E-state index contributed by atoms with van der Waals surface area (Å²) in [6.07, 6.45) is 2.72. The quantitative estimate of drug-likeness (QED) is 0.681. The van der Waals surface area contributed by atoms with Gasteiger partial charge >= 0.3 is 0 Å². The lowest BCUT2D eigenvalue weighted by molar-refractivity contribution is -0.385. The first-order chi connectivity index (χ1) is 8.97. The highest BCUT2D eigenvalue weighted by Gasteiger charge is 2.12. The first-order valence-electron chi connectivity index (χ1n) is 5.22. The second-order valence-corrected chi connectivity index (χ2v) is 4.68. The van der Waals surface area contributed by atoms with Crippen LogP contribution < -0.4 is 11.3 Å². The zero-order valence-corrected chi connectivity index (χ0v) is 11.2. The van der Waals surface area contributed by atoms with Crippen molar-refractivity contribution in [2.24, 2.45) is 0 Å². The van der Waals surface area contributed by atoms with Crippen molar-refractivity contribution in [3.8, 4) is 0 Å². The minimum atomic E-state index is -0.554. The molecule has 2 N–H and O–H groups in total. The molecule has 0 aromatic carbocycles. The maximum absolute atomic E-state index is 11.9. The second-order valence-electron chi connectivity index (χ2n) is 3.83. The van der Waals surface area contributed by atoms with Crippen molar-refractivity contribution in [1.82, 2.24) is 9.55 Å². The molecule has 7 nitrogen and oxygen atoms in total. The number of hydrogen-bond acceptors (Lipinski definition) is 5. The third-order valence-corrected chi connectivity index (χ3v) is 3.01. The van der Waals surface area contributed by atoms with E-state index in [2.05, 4.69) is 20.9 Å². The normalized spacial score (nSPS) is 10.4. The molecule has 2 rings (SSSR count). The second kappa shape index (κ2) is 5.19. The molecule has 0 radical (unpaired) electrons. The summed E-state index contributed by atoms with van der Waals surface area (Å²) in [7, 11) is 0. The first kappa shape index (κ1) is 13.2. The molecule has 0 fully saturated rings. The number of anilines is 1. The predicted octanol–water partition coefficient (Wildman–Crippen LogP) is 1.54. The Kier molecular flexibility index (Phi) is 3.61. The van der Waals surface area contributed by atoms with Crippen molar-refractivity contribution in [2.45, 2.75) is 6.54 Å². The van der Waals surface area contributed by atoms with Crippen molar-refractivity contribution < 1.29 is 4.92 Å². The Morgan fingerprint density at radius 1 is 1.47 bits per heavy atom. The lowest BCUT2D eigenvalue weighted by atomic mass is 10.2. The van der Waals surface area contributed by atoms with Crippen LogP contribution in [0.2, 0.25) is 0 Å². The minimum absolute atomic E-state index is 0.144. The Morgan fingerprint density at radius 3 is 2.79 bits per heavy atom. The van der Waals surface area contributed by atoms with Crippen LogP contribution in [0.4, 0.5) is 11.5 Å². The molecule has 0 bridgehead atoms. The summed E-state index contributed by atoms with van der Waals surface area (Å²) in [6.45, 7) is 0.187. The number of nitrogens with two attached hydrogens (primary N) is 1. The number of pyridine rings is 2. The molecule has 2 aromatic heterocycles. The molecule has 0 aliphatic carbocycles. The highest BCUT2D eigenvalue weighted by molar-refractivity contribution is 9.10. The molecule has 8 heteroatoms. The smallest absolute Gasteiger partial charge is 0.286 e. The summed E-state index contributed by atoms with van der Waals surface area (Å²) in [5.41, 5.74) is 5.68. The van der Waals surface area contributed by atoms with Gasteiger partial charge in [0.05, 0.1) is 22.1 Å². The van der Waals surface area contributed by atoms with Gasteiger partial charge in [-0.1, -0.05) is 6.07 Å². The fourth-order valence-corrected chi connectivity index (χ4v) is 1.99. The highest BCUT2D eigenvalue weighted by Crippen LogP contribution is 2.15. The van der Waals surface area contributed by atoms with Crippen molar-refractivity contribution in [3.63, 3.8) is 0 Å². The van der Waals surface area contributed by atoms with Gasteiger partial charge in [0.1, 0.15) is 5.82 Å². The number of nitrogen functional groups attached to an aromatic ring is 1. The van der Waals surface area contributed by atoms with Gasteiger partial charge in [0.15, 0.2) is 0 Å². The number of rotatable bonds is 3. The molecule has 0 atom stereocenters. The maximum atomic E-state index is 11.9. The molecule has 0 saturated heterocycles. The van der Waals surface area contributed by atoms with Gasteiger partial charge in [0, 0.05) is 12.3 Å². The Hall–Kier alpha value is -2.22. The van der Waals surface area contributed by atoms with Gasteiger partial charge in [-0.2, -0.15) is 0 Å². The van der Waals surface area contributed by atoms with E-state index in [-0.39, 0.29) is 22.3 Å². The topological polar surface area (TPSA) is 104 Å². The summed E-state index contributed by atoms with van der Waals surface area (Å²) in [5, 5.41) is 10.8. The number of nitrogens with zero attached hydrogens (tertiary/aromatic N) is 3. The molecule has 0 aliphatic heterocycles. The molecule has 0 aliphatic rings. The highest BCUT2D eigenvalue weighted by atomic mass is 79.9. The van der Waals surface area contributed by atoms with Crippen molar-refractivity contribution in [2.75, 3.05) is 5.73 Å². The van der Waals surface area contributed by atoms with E-state index >= 15 is 0 Å². The minimum Gasteiger partial charge on any atom is -0.384 e. The molecule has 98 valence electrons. The summed E-state index contributed by atoms with van der Waals surface area (Å²) >= 11 is 3.02. The third kappa shape index (κ3) is 2.97. The zero-order chi connectivity index (χ0) is 14.0. The standard InChI is InChI=1S/C11H9BrN4O3/c12-9-3-8(16(18)19)6-15(11(9)17)5-7-1-2-10(13)14-4-7/h1-4,6H,5H2,(H2,13,14). The van der Waals surface area contributed by atoms with Gasteiger partial charge in [0.25, 0.3) is 11.2 Å². The van der Waals surface area contributed by atoms with E-state index in [1.807, 2.05) is 0 Å². The Balaban J connectivity index is 2.41. The largest absolute Gasteiger partial charge is 0.384 e. The monoisotopic (exact) mass is 324 g/mol. The molecule has 0 amide bonds. The van der Waals surface area contributed by atoms with E-state index in [1.165, 1.54) is 23.0 Å². The summed E-state index contributed by atoms with van der Waals surface area (Å²) in [4.78, 5) is 26.0. The SMILES string of the molecule is Nc1ccc(Cn2cc([N+](=O)[O-])cc(Br)c2=O)cn1. The van der Waals surface area contributed by atoms with E-state index < -0.39 is 4.92 Å². The Morgan fingerprint density at radius 2 is 2.21 bits per heavy atom.